The zero-order valence-electron chi connectivity index (χ0n) is 15.0. The minimum Gasteiger partial charge on any atom is -0.494 e. The molecule has 0 radical (unpaired) electrons. The van der Waals surface area contributed by atoms with Crippen molar-refractivity contribution in [2.75, 3.05) is 23.8 Å². The first-order chi connectivity index (χ1) is 12.7. The Bertz CT molecular complexity index is 859. The van der Waals surface area contributed by atoms with Crippen molar-refractivity contribution in [1.29, 1.82) is 0 Å². The predicted molar refractivity (Wildman–Crippen MR) is 108 cm³/mol. The maximum atomic E-state index is 12.1. The Balaban J connectivity index is 1.50. The van der Waals surface area contributed by atoms with Crippen molar-refractivity contribution in [3.8, 4) is 5.75 Å². The minimum absolute atomic E-state index is 0.0854. The summed E-state index contributed by atoms with van der Waals surface area (Å²) in [6.07, 6.45) is 2.15. The van der Waals surface area contributed by atoms with Crippen LogP contribution in [0.3, 0.4) is 0 Å². The van der Waals surface area contributed by atoms with E-state index in [1.54, 1.807) is 0 Å². The Morgan fingerprint density at radius 1 is 0.923 bits per heavy atom. The second-order valence-corrected chi connectivity index (χ2v) is 6.19. The van der Waals surface area contributed by atoms with E-state index < -0.39 is 0 Å². The Morgan fingerprint density at radius 3 is 2.42 bits per heavy atom. The van der Waals surface area contributed by atoms with Gasteiger partial charge in [0.15, 0.2) is 0 Å². The molecule has 2 N–H and O–H groups in total. The largest absolute Gasteiger partial charge is 0.494 e. The predicted octanol–water partition coefficient (Wildman–Crippen LogP) is 5.07. The Labute approximate surface area is 154 Å². The van der Waals surface area contributed by atoms with E-state index >= 15 is 0 Å². The lowest BCUT2D eigenvalue weighted by Crippen LogP contribution is -2.21. The van der Waals surface area contributed by atoms with Crippen LogP contribution in [0.4, 0.5) is 11.4 Å². The number of carbonyl (C=O) groups excluding carboxylic acids is 1. The first-order valence-electron chi connectivity index (χ1n) is 9.00. The fourth-order valence-corrected chi connectivity index (χ4v) is 2.66. The van der Waals surface area contributed by atoms with Gasteiger partial charge in [-0.05, 0) is 53.6 Å². The van der Waals surface area contributed by atoms with Crippen LogP contribution < -0.4 is 15.4 Å². The molecule has 0 unspecified atom stereocenters. The van der Waals surface area contributed by atoms with Crippen LogP contribution in [-0.2, 0) is 4.79 Å². The molecule has 0 saturated heterocycles. The summed E-state index contributed by atoms with van der Waals surface area (Å²) in [7, 11) is 0. The maximum Gasteiger partial charge on any atom is 0.243 e. The summed E-state index contributed by atoms with van der Waals surface area (Å²) in [5.74, 6) is 0.739. The number of amides is 1. The van der Waals surface area contributed by atoms with E-state index in [0.717, 1.165) is 42.0 Å². The molecular formula is C22H24N2O2. The van der Waals surface area contributed by atoms with Crippen LogP contribution in [0.25, 0.3) is 10.8 Å². The van der Waals surface area contributed by atoms with Gasteiger partial charge < -0.3 is 15.4 Å². The van der Waals surface area contributed by atoms with Gasteiger partial charge in [0.25, 0.3) is 0 Å². The van der Waals surface area contributed by atoms with Crippen molar-refractivity contribution in [3.63, 3.8) is 0 Å². The molecule has 0 aromatic heterocycles. The molecule has 3 aromatic carbocycles. The Hall–Kier alpha value is -3.01. The van der Waals surface area contributed by atoms with Gasteiger partial charge in [-0.25, -0.2) is 0 Å². The van der Waals surface area contributed by atoms with Crippen LogP contribution in [0.5, 0.6) is 5.75 Å². The quantitative estimate of drug-likeness (QED) is 0.559. The van der Waals surface area contributed by atoms with Crippen molar-refractivity contribution < 1.29 is 9.53 Å². The number of fused-ring (bicyclic) bond motifs is 1. The highest BCUT2D eigenvalue weighted by atomic mass is 16.5. The molecular weight excluding hydrogens is 324 g/mol. The van der Waals surface area contributed by atoms with E-state index in [-0.39, 0.29) is 12.5 Å². The Kier molecular flexibility index (Phi) is 6.09. The van der Waals surface area contributed by atoms with Gasteiger partial charge in [0.1, 0.15) is 5.75 Å². The molecule has 0 aliphatic rings. The van der Waals surface area contributed by atoms with E-state index in [1.807, 2.05) is 54.6 Å². The van der Waals surface area contributed by atoms with E-state index in [1.165, 1.54) is 5.39 Å². The van der Waals surface area contributed by atoms with Gasteiger partial charge in [0.2, 0.25) is 5.91 Å². The molecule has 0 saturated carbocycles. The average Bonchev–Trinajstić information content (AvgIpc) is 2.68. The van der Waals surface area contributed by atoms with E-state index in [9.17, 15) is 4.79 Å². The molecule has 0 aliphatic carbocycles. The van der Waals surface area contributed by atoms with E-state index in [4.69, 9.17) is 4.74 Å². The third-order valence-corrected chi connectivity index (χ3v) is 4.11. The molecule has 4 heteroatoms. The lowest BCUT2D eigenvalue weighted by Gasteiger charge is -2.10. The van der Waals surface area contributed by atoms with Gasteiger partial charge in [-0.15, -0.1) is 0 Å². The summed E-state index contributed by atoms with van der Waals surface area (Å²) >= 11 is 0. The summed E-state index contributed by atoms with van der Waals surface area (Å²) in [4.78, 5) is 12.1. The molecule has 0 aliphatic heterocycles. The number of unbranched alkanes of at least 4 members (excludes halogenated alkanes) is 1. The average molecular weight is 348 g/mol. The number of nitrogens with one attached hydrogen (secondary N) is 2. The highest BCUT2D eigenvalue weighted by Gasteiger charge is 2.03. The zero-order chi connectivity index (χ0) is 18.2. The van der Waals surface area contributed by atoms with Crippen molar-refractivity contribution in [1.82, 2.24) is 0 Å². The second-order valence-electron chi connectivity index (χ2n) is 6.19. The van der Waals surface area contributed by atoms with E-state index in [2.05, 4.69) is 29.7 Å². The smallest absolute Gasteiger partial charge is 0.243 e. The molecule has 0 bridgehead atoms. The monoisotopic (exact) mass is 348 g/mol. The summed E-state index contributed by atoms with van der Waals surface area (Å²) in [5, 5.41) is 8.39. The maximum absolute atomic E-state index is 12.1. The molecule has 26 heavy (non-hydrogen) atoms. The van der Waals surface area contributed by atoms with Crippen molar-refractivity contribution in [2.45, 2.75) is 19.8 Å². The highest BCUT2D eigenvalue weighted by molar-refractivity contribution is 5.94. The van der Waals surface area contributed by atoms with Crippen LogP contribution in [0, 0.1) is 0 Å². The van der Waals surface area contributed by atoms with Gasteiger partial charge in [-0.3, -0.25) is 4.79 Å². The fraction of sp³-hybridized carbons (Fsp3) is 0.227. The third-order valence-electron chi connectivity index (χ3n) is 4.11. The van der Waals surface area contributed by atoms with Crippen LogP contribution in [-0.4, -0.2) is 19.1 Å². The normalized spacial score (nSPS) is 10.5. The standard InChI is InChI=1S/C22H24N2O2/c1-2-3-14-26-21-12-10-19(11-13-21)24-22(25)16-23-20-9-8-17-6-4-5-7-18(17)15-20/h4-13,15,23H,2-3,14,16H2,1H3,(H,24,25). The molecule has 3 aromatic rings. The van der Waals surface area contributed by atoms with Gasteiger partial charge in [0, 0.05) is 11.4 Å². The Morgan fingerprint density at radius 2 is 1.65 bits per heavy atom. The van der Waals surface area contributed by atoms with Gasteiger partial charge in [-0.2, -0.15) is 0 Å². The number of rotatable bonds is 8. The number of anilines is 2. The van der Waals surface area contributed by atoms with Crippen LogP contribution in [0.15, 0.2) is 66.7 Å². The van der Waals surface area contributed by atoms with Crippen LogP contribution in [0.2, 0.25) is 0 Å². The number of hydrogen-bond donors (Lipinski definition) is 2. The van der Waals surface area contributed by atoms with Crippen molar-refractivity contribution in [3.05, 3.63) is 66.7 Å². The number of benzene rings is 3. The molecule has 134 valence electrons. The first-order valence-corrected chi connectivity index (χ1v) is 9.00. The summed E-state index contributed by atoms with van der Waals surface area (Å²) in [6, 6.07) is 21.7. The molecule has 1 amide bonds. The second kappa shape index (κ2) is 8.90. The molecule has 0 atom stereocenters. The third kappa shape index (κ3) is 4.99. The van der Waals surface area contributed by atoms with Gasteiger partial charge >= 0.3 is 0 Å². The molecule has 4 nitrogen and oxygen atoms in total. The topological polar surface area (TPSA) is 50.4 Å². The molecule has 0 spiro atoms. The fourth-order valence-electron chi connectivity index (χ4n) is 2.66. The number of ether oxygens (including phenoxy) is 1. The zero-order valence-corrected chi connectivity index (χ0v) is 15.0. The molecule has 0 fully saturated rings. The summed E-state index contributed by atoms with van der Waals surface area (Å²) < 4.78 is 5.62. The SMILES string of the molecule is CCCCOc1ccc(NC(=O)CNc2ccc3ccccc3c2)cc1. The number of hydrogen-bond acceptors (Lipinski definition) is 3. The van der Waals surface area contributed by atoms with Gasteiger partial charge in [-0.1, -0.05) is 43.7 Å². The van der Waals surface area contributed by atoms with Crippen molar-refractivity contribution >= 4 is 28.1 Å². The molecule has 0 heterocycles. The highest BCUT2D eigenvalue weighted by Crippen LogP contribution is 2.19. The minimum atomic E-state index is -0.0854. The van der Waals surface area contributed by atoms with Crippen LogP contribution >= 0.6 is 0 Å². The lowest BCUT2D eigenvalue weighted by atomic mass is 10.1. The van der Waals surface area contributed by atoms with Crippen molar-refractivity contribution in [2.24, 2.45) is 0 Å². The number of carbonyl (C=O) groups is 1. The van der Waals surface area contributed by atoms with E-state index in [0.29, 0.717) is 0 Å². The molecule has 3 rings (SSSR count). The first kappa shape index (κ1) is 17.8. The summed E-state index contributed by atoms with van der Waals surface area (Å²) in [6.45, 7) is 3.07. The summed E-state index contributed by atoms with van der Waals surface area (Å²) in [5.41, 5.74) is 1.69. The lowest BCUT2D eigenvalue weighted by molar-refractivity contribution is -0.114. The van der Waals surface area contributed by atoms with Gasteiger partial charge in [0.05, 0.1) is 13.2 Å². The van der Waals surface area contributed by atoms with Crippen LogP contribution in [0.1, 0.15) is 19.8 Å².